The molecule has 0 amide bonds. The topological polar surface area (TPSA) is 226 Å². The molecule has 0 saturated carbocycles. The first-order valence-corrected chi connectivity index (χ1v) is 19.4. The number of aromatic nitrogens is 3. The van der Waals surface area contributed by atoms with Crippen molar-refractivity contribution in [2.24, 2.45) is 11.8 Å². The van der Waals surface area contributed by atoms with Crippen LogP contribution >= 0.6 is 0 Å². The standard InChI is InChI=1S/C41H41N7O4.C3H4O4/c1-25-6-3-4-7-33(25)34-8-5-12-41(26(34)2,46-38-36-29(9-13-43-38)17-28(20-44-36)22-48-15-11-32(49)24-48)40-45-35-18-27(16-31(19-42)37(35)52-40)21-47-14-10-30(23-47)39(50)51;4-2(5)1-3(6)7/h3-9,12-13,16-18,20,26,30,32,49H,10-11,14-15,21-24H2,1-2H3,(H,43,46)(H,50,51);1H2,(H,4,5)(H,6,7)/t26?,30-,32-,41?;/m1./s1. The molecule has 5 heterocycles. The Kier molecular flexibility index (Phi) is 11.9. The number of aryl methyl sites for hydroxylation is 1. The zero-order valence-corrected chi connectivity index (χ0v) is 32.7. The second-order valence-electron chi connectivity index (χ2n) is 15.4. The van der Waals surface area contributed by atoms with Gasteiger partial charge in [0, 0.05) is 56.4 Å². The maximum absolute atomic E-state index is 11.6. The molecule has 2 saturated heterocycles. The Bertz CT molecular complexity index is 2510. The van der Waals surface area contributed by atoms with Crippen molar-refractivity contribution >= 4 is 51.3 Å². The molecular weight excluding hydrogens is 755 g/mol. The molecule has 3 aliphatic rings. The van der Waals surface area contributed by atoms with Crippen LogP contribution in [-0.4, -0.2) is 95.4 Å². The number of hydrogen-bond donors (Lipinski definition) is 5. The summed E-state index contributed by atoms with van der Waals surface area (Å²) in [6.07, 6.45) is 10.2. The summed E-state index contributed by atoms with van der Waals surface area (Å²) in [7, 11) is 0. The summed E-state index contributed by atoms with van der Waals surface area (Å²) in [6, 6.07) is 18.5. The first-order chi connectivity index (χ1) is 28.3. The Morgan fingerprint density at radius 1 is 0.983 bits per heavy atom. The highest BCUT2D eigenvalue weighted by Gasteiger charge is 2.45. The number of pyridine rings is 2. The number of nitriles is 1. The zero-order valence-electron chi connectivity index (χ0n) is 32.7. The van der Waals surface area contributed by atoms with E-state index in [1.54, 1.807) is 6.20 Å². The van der Waals surface area contributed by atoms with Gasteiger partial charge in [-0.25, -0.2) is 9.97 Å². The highest BCUT2D eigenvalue weighted by atomic mass is 16.4. The number of nitrogens with one attached hydrogen (secondary N) is 1. The molecule has 2 fully saturated rings. The Morgan fingerprint density at radius 2 is 1.73 bits per heavy atom. The molecule has 15 heteroatoms. The number of anilines is 1. The van der Waals surface area contributed by atoms with Gasteiger partial charge in [-0.3, -0.25) is 29.2 Å². The lowest BCUT2D eigenvalue weighted by atomic mass is 9.73. The number of aliphatic hydroxyl groups excluding tert-OH is 1. The lowest BCUT2D eigenvalue weighted by Crippen LogP contribution is -2.42. The summed E-state index contributed by atoms with van der Waals surface area (Å²) in [5.41, 5.74) is 6.34. The quantitative estimate of drug-likeness (QED) is 0.103. The molecule has 2 unspecified atom stereocenters. The summed E-state index contributed by atoms with van der Waals surface area (Å²) in [4.78, 5) is 49.6. The van der Waals surface area contributed by atoms with E-state index in [9.17, 15) is 29.9 Å². The van der Waals surface area contributed by atoms with Crippen molar-refractivity contribution in [2.75, 3.05) is 31.5 Å². The van der Waals surface area contributed by atoms with Gasteiger partial charge in [-0.1, -0.05) is 43.3 Å². The number of oxazole rings is 1. The molecule has 59 heavy (non-hydrogen) atoms. The summed E-state index contributed by atoms with van der Waals surface area (Å²) in [5, 5.41) is 49.9. The van der Waals surface area contributed by atoms with E-state index in [2.05, 4.69) is 65.4 Å². The minimum Gasteiger partial charge on any atom is -0.481 e. The van der Waals surface area contributed by atoms with Crippen molar-refractivity contribution in [3.63, 3.8) is 0 Å². The predicted octanol–water partition coefficient (Wildman–Crippen LogP) is 5.57. The lowest BCUT2D eigenvalue weighted by molar-refractivity contribution is -0.147. The van der Waals surface area contributed by atoms with Gasteiger partial charge >= 0.3 is 17.9 Å². The minimum absolute atomic E-state index is 0.202. The molecule has 5 N–H and O–H groups in total. The van der Waals surface area contributed by atoms with Gasteiger partial charge < -0.3 is 30.2 Å². The Hall–Kier alpha value is -6.47. The molecule has 3 aromatic heterocycles. The predicted molar refractivity (Wildman–Crippen MR) is 218 cm³/mol. The third-order valence-corrected chi connectivity index (χ3v) is 11.2. The van der Waals surface area contributed by atoms with E-state index in [-0.39, 0.29) is 17.9 Å². The monoisotopic (exact) mass is 799 g/mol. The highest BCUT2D eigenvalue weighted by molar-refractivity contribution is 5.90. The van der Waals surface area contributed by atoms with Crippen LogP contribution in [0.15, 0.2) is 83.6 Å². The molecule has 1 aliphatic carbocycles. The second kappa shape index (κ2) is 17.2. The van der Waals surface area contributed by atoms with Crippen molar-refractivity contribution in [1.29, 1.82) is 5.26 Å². The SMILES string of the molecule is Cc1ccccc1C1=CC=CC(Nc2nccc3cc(CN4CC[C@@H](O)C4)cnc23)(c2nc3cc(CN4CC[C@@H](C(=O)O)C4)cc(C#N)c3o2)C1C.O=C(O)CC(=O)O. The van der Waals surface area contributed by atoms with E-state index in [1.165, 1.54) is 0 Å². The number of carboxylic acids is 3. The normalized spacial score (nSPS) is 21.8. The van der Waals surface area contributed by atoms with Crippen LogP contribution in [0.1, 0.15) is 59.9 Å². The summed E-state index contributed by atoms with van der Waals surface area (Å²) in [6.45, 7) is 8.14. The lowest BCUT2D eigenvalue weighted by Gasteiger charge is -2.39. The fourth-order valence-corrected chi connectivity index (χ4v) is 8.22. The number of benzene rings is 2. The van der Waals surface area contributed by atoms with Crippen molar-refractivity contribution in [3.05, 3.63) is 113 Å². The fraction of sp³-hybridized carbons (Fsp3) is 0.341. The molecule has 2 aromatic carbocycles. The molecule has 4 atom stereocenters. The number of fused-ring (bicyclic) bond motifs is 2. The third kappa shape index (κ3) is 8.85. The van der Waals surface area contributed by atoms with Gasteiger partial charge in [-0.05, 0) is 84.5 Å². The van der Waals surface area contributed by atoms with Gasteiger partial charge in [0.2, 0.25) is 5.89 Å². The number of aliphatic hydroxyl groups is 1. The number of likely N-dealkylation sites (tertiary alicyclic amines) is 2. The van der Waals surface area contributed by atoms with Crippen LogP contribution in [0.25, 0.3) is 27.6 Å². The molecule has 5 aromatic rings. The Balaban J connectivity index is 0.000000694. The minimum atomic E-state index is -1.31. The average Bonchev–Trinajstić information content (AvgIpc) is 3.96. The van der Waals surface area contributed by atoms with Gasteiger partial charge in [-0.15, -0.1) is 0 Å². The van der Waals surface area contributed by atoms with Crippen LogP contribution in [0.3, 0.4) is 0 Å². The number of allylic oxidation sites excluding steroid dienone is 2. The molecule has 0 spiro atoms. The second-order valence-corrected chi connectivity index (χ2v) is 15.4. The number of hydrogen-bond acceptors (Lipinski definition) is 12. The molecule has 0 bridgehead atoms. The first kappa shape index (κ1) is 40.7. The van der Waals surface area contributed by atoms with Crippen molar-refractivity contribution < 1.29 is 39.2 Å². The number of β-amino-alcohol motifs (C(OH)–C–C–N with tert-alkyl or cyclic N) is 1. The fourth-order valence-electron chi connectivity index (χ4n) is 8.22. The van der Waals surface area contributed by atoms with Crippen LogP contribution in [0.5, 0.6) is 0 Å². The number of carboxylic acid groups (broad SMARTS) is 3. The first-order valence-electron chi connectivity index (χ1n) is 19.4. The number of rotatable bonds is 11. The molecule has 304 valence electrons. The van der Waals surface area contributed by atoms with Crippen LogP contribution in [0.4, 0.5) is 5.82 Å². The molecule has 2 aliphatic heterocycles. The zero-order chi connectivity index (χ0) is 41.8. The Morgan fingerprint density at radius 3 is 2.41 bits per heavy atom. The summed E-state index contributed by atoms with van der Waals surface area (Å²) < 4.78 is 6.64. The van der Waals surface area contributed by atoms with Gasteiger partial charge in [0.25, 0.3) is 0 Å². The maximum atomic E-state index is 11.6. The summed E-state index contributed by atoms with van der Waals surface area (Å²) in [5.74, 6) is -3.01. The van der Waals surface area contributed by atoms with Gasteiger partial charge in [-0.2, -0.15) is 5.26 Å². The number of aliphatic carboxylic acids is 3. The van der Waals surface area contributed by atoms with Crippen LogP contribution in [0.2, 0.25) is 0 Å². The number of carbonyl (C=O) groups is 3. The Labute approximate surface area is 339 Å². The van der Waals surface area contributed by atoms with Gasteiger partial charge in [0.1, 0.15) is 29.1 Å². The number of nitrogens with zero attached hydrogens (tertiary/aromatic N) is 6. The van der Waals surface area contributed by atoms with Crippen LogP contribution < -0.4 is 5.32 Å². The molecule has 8 rings (SSSR count). The molecule has 15 nitrogen and oxygen atoms in total. The van der Waals surface area contributed by atoms with E-state index in [0.29, 0.717) is 73.0 Å². The molecule has 0 radical (unpaired) electrons. The summed E-state index contributed by atoms with van der Waals surface area (Å²) >= 11 is 0. The smallest absolute Gasteiger partial charge is 0.314 e. The van der Waals surface area contributed by atoms with Crippen molar-refractivity contribution in [3.8, 4) is 6.07 Å². The van der Waals surface area contributed by atoms with E-state index >= 15 is 0 Å². The maximum Gasteiger partial charge on any atom is 0.314 e. The van der Waals surface area contributed by atoms with Crippen LogP contribution in [0, 0.1) is 30.1 Å². The molecular formula is C44H45N7O8. The van der Waals surface area contributed by atoms with Crippen LogP contribution in [-0.2, 0) is 33.0 Å². The van der Waals surface area contributed by atoms with E-state index in [4.69, 9.17) is 29.6 Å². The average molecular weight is 800 g/mol. The van der Waals surface area contributed by atoms with Gasteiger partial charge in [0.05, 0.1) is 17.6 Å². The van der Waals surface area contributed by atoms with E-state index < -0.39 is 29.9 Å². The largest absolute Gasteiger partial charge is 0.481 e. The third-order valence-electron chi connectivity index (χ3n) is 11.2. The van der Waals surface area contributed by atoms with Gasteiger partial charge in [0.15, 0.2) is 11.4 Å². The highest BCUT2D eigenvalue weighted by Crippen LogP contribution is 2.46. The van der Waals surface area contributed by atoms with Crippen molar-refractivity contribution in [1.82, 2.24) is 24.8 Å². The van der Waals surface area contributed by atoms with E-state index in [1.807, 2.05) is 42.6 Å². The van der Waals surface area contributed by atoms with Crippen molar-refractivity contribution in [2.45, 2.75) is 57.8 Å². The van der Waals surface area contributed by atoms with E-state index in [0.717, 1.165) is 46.2 Å².